The van der Waals surface area contributed by atoms with Crippen molar-refractivity contribution >= 4 is 5.82 Å². The van der Waals surface area contributed by atoms with E-state index in [4.69, 9.17) is 0 Å². The third-order valence-electron chi connectivity index (χ3n) is 3.11. The molecule has 1 aliphatic heterocycles. The molecule has 4 heteroatoms. The standard InChI is InChI=1S/C13H18N4/c1-9-4-5-15-13(12(9)6-14)17-7-10(2)16-11(3)8-17/h4-5,10-11,16H,7-8H2,1-3H3. The predicted octanol–water partition coefficient (Wildman–Crippen LogP) is 1.45. The van der Waals surface area contributed by atoms with Gasteiger partial charge < -0.3 is 10.2 Å². The van der Waals surface area contributed by atoms with Crippen molar-refractivity contribution in [3.63, 3.8) is 0 Å². The fraction of sp³-hybridized carbons (Fsp3) is 0.538. The van der Waals surface area contributed by atoms with Crippen LogP contribution < -0.4 is 10.2 Å². The maximum Gasteiger partial charge on any atom is 0.146 e. The molecule has 90 valence electrons. The van der Waals surface area contributed by atoms with Crippen molar-refractivity contribution in [3.05, 3.63) is 23.4 Å². The highest BCUT2D eigenvalue weighted by atomic mass is 15.3. The van der Waals surface area contributed by atoms with Gasteiger partial charge in [0.05, 0.1) is 5.56 Å². The van der Waals surface area contributed by atoms with E-state index in [1.165, 1.54) is 0 Å². The molecule has 2 heterocycles. The summed E-state index contributed by atoms with van der Waals surface area (Å²) in [6.45, 7) is 8.07. The first-order valence-electron chi connectivity index (χ1n) is 5.98. The Labute approximate surface area is 102 Å². The molecule has 1 N–H and O–H groups in total. The predicted molar refractivity (Wildman–Crippen MR) is 68.0 cm³/mol. The fourth-order valence-corrected chi connectivity index (χ4v) is 2.42. The zero-order chi connectivity index (χ0) is 12.4. The van der Waals surface area contributed by atoms with E-state index in [-0.39, 0.29) is 0 Å². The Kier molecular flexibility index (Phi) is 3.30. The number of anilines is 1. The number of aromatic nitrogens is 1. The molecule has 1 fully saturated rings. The topological polar surface area (TPSA) is 52.0 Å². The first kappa shape index (κ1) is 11.9. The Balaban J connectivity index is 2.34. The third-order valence-corrected chi connectivity index (χ3v) is 3.11. The number of nitrogens with one attached hydrogen (secondary N) is 1. The second kappa shape index (κ2) is 4.72. The lowest BCUT2D eigenvalue weighted by Crippen LogP contribution is -2.54. The van der Waals surface area contributed by atoms with Crippen molar-refractivity contribution in [2.75, 3.05) is 18.0 Å². The molecular weight excluding hydrogens is 212 g/mol. The molecule has 2 rings (SSSR count). The Bertz CT molecular complexity index is 439. The molecule has 17 heavy (non-hydrogen) atoms. The van der Waals surface area contributed by atoms with E-state index in [1.54, 1.807) is 6.20 Å². The zero-order valence-electron chi connectivity index (χ0n) is 10.6. The summed E-state index contributed by atoms with van der Waals surface area (Å²) in [5.41, 5.74) is 1.70. The van der Waals surface area contributed by atoms with Gasteiger partial charge in [-0.2, -0.15) is 5.26 Å². The average Bonchev–Trinajstić information content (AvgIpc) is 2.27. The van der Waals surface area contributed by atoms with Crippen LogP contribution in [0.15, 0.2) is 12.3 Å². The van der Waals surface area contributed by atoms with Gasteiger partial charge in [0.15, 0.2) is 0 Å². The number of rotatable bonds is 1. The summed E-state index contributed by atoms with van der Waals surface area (Å²) in [7, 11) is 0. The molecule has 0 saturated carbocycles. The van der Waals surface area contributed by atoms with E-state index < -0.39 is 0 Å². The average molecular weight is 230 g/mol. The highest BCUT2D eigenvalue weighted by Gasteiger charge is 2.24. The summed E-state index contributed by atoms with van der Waals surface area (Å²) in [5.74, 6) is 0.827. The van der Waals surface area contributed by atoms with Crippen LogP contribution in [-0.4, -0.2) is 30.2 Å². The van der Waals surface area contributed by atoms with E-state index >= 15 is 0 Å². The van der Waals surface area contributed by atoms with Gasteiger partial charge in [0, 0.05) is 31.4 Å². The van der Waals surface area contributed by atoms with E-state index in [0.717, 1.165) is 24.5 Å². The molecule has 1 saturated heterocycles. The van der Waals surface area contributed by atoms with Gasteiger partial charge >= 0.3 is 0 Å². The normalized spacial score (nSPS) is 24.5. The van der Waals surface area contributed by atoms with Crippen LogP contribution in [0.25, 0.3) is 0 Å². The summed E-state index contributed by atoms with van der Waals surface area (Å²) in [5, 5.41) is 12.7. The molecule has 1 aromatic rings. The Morgan fingerprint density at radius 3 is 2.65 bits per heavy atom. The summed E-state index contributed by atoms with van der Waals surface area (Å²) < 4.78 is 0. The van der Waals surface area contributed by atoms with Crippen molar-refractivity contribution in [3.8, 4) is 6.07 Å². The van der Waals surface area contributed by atoms with Crippen molar-refractivity contribution < 1.29 is 0 Å². The molecule has 0 aromatic carbocycles. The van der Waals surface area contributed by atoms with Gasteiger partial charge in [0.2, 0.25) is 0 Å². The molecule has 4 nitrogen and oxygen atoms in total. The zero-order valence-corrected chi connectivity index (χ0v) is 10.6. The molecule has 1 aliphatic rings. The molecule has 2 atom stereocenters. The number of hydrogen-bond donors (Lipinski definition) is 1. The Morgan fingerprint density at radius 1 is 1.41 bits per heavy atom. The fourth-order valence-electron chi connectivity index (χ4n) is 2.42. The van der Waals surface area contributed by atoms with E-state index in [2.05, 4.69) is 35.1 Å². The highest BCUT2D eigenvalue weighted by Crippen LogP contribution is 2.21. The summed E-state index contributed by atoms with van der Waals surface area (Å²) in [4.78, 5) is 6.58. The first-order chi connectivity index (χ1) is 8.11. The molecule has 0 spiro atoms. The van der Waals surface area contributed by atoms with Crippen LogP contribution in [0.5, 0.6) is 0 Å². The maximum absolute atomic E-state index is 9.23. The van der Waals surface area contributed by atoms with Crippen LogP contribution in [0.4, 0.5) is 5.82 Å². The lowest BCUT2D eigenvalue weighted by atomic mass is 10.1. The molecule has 0 bridgehead atoms. The van der Waals surface area contributed by atoms with Gasteiger partial charge in [-0.25, -0.2) is 4.98 Å². The largest absolute Gasteiger partial charge is 0.352 e. The molecule has 0 aliphatic carbocycles. The van der Waals surface area contributed by atoms with Crippen LogP contribution in [-0.2, 0) is 0 Å². The number of aryl methyl sites for hydroxylation is 1. The highest BCUT2D eigenvalue weighted by molar-refractivity contribution is 5.57. The summed E-state index contributed by atoms with van der Waals surface area (Å²) in [6, 6.07) is 5.00. The van der Waals surface area contributed by atoms with Crippen molar-refractivity contribution in [2.24, 2.45) is 0 Å². The third kappa shape index (κ3) is 2.40. The van der Waals surface area contributed by atoms with Gasteiger partial charge in [0.25, 0.3) is 0 Å². The maximum atomic E-state index is 9.23. The number of nitriles is 1. The first-order valence-corrected chi connectivity index (χ1v) is 5.98. The van der Waals surface area contributed by atoms with Crippen LogP contribution in [0.1, 0.15) is 25.0 Å². The quantitative estimate of drug-likeness (QED) is 0.793. The number of hydrogen-bond acceptors (Lipinski definition) is 4. The van der Waals surface area contributed by atoms with Crippen LogP contribution in [0, 0.1) is 18.3 Å². The van der Waals surface area contributed by atoms with Gasteiger partial charge in [-0.15, -0.1) is 0 Å². The smallest absolute Gasteiger partial charge is 0.146 e. The monoisotopic (exact) mass is 230 g/mol. The minimum absolute atomic E-state index is 0.424. The van der Waals surface area contributed by atoms with Crippen LogP contribution in [0.2, 0.25) is 0 Å². The second-order valence-corrected chi connectivity index (χ2v) is 4.81. The minimum atomic E-state index is 0.424. The van der Waals surface area contributed by atoms with E-state index in [9.17, 15) is 5.26 Å². The summed E-state index contributed by atoms with van der Waals surface area (Å²) in [6.07, 6.45) is 1.78. The number of piperazine rings is 1. The minimum Gasteiger partial charge on any atom is -0.352 e. The SMILES string of the molecule is Cc1ccnc(N2CC(C)NC(C)C2)c1C#N. The number of nitrogens with zero attached hydrogens (tertiary/aromatic N) is 3. The molecule has 1 aromatic heterocycles. The number of pyridine rings is 1. The van der Waals surface area contributed by atoms with Gasteiger partial charge in [-0.3, -0.25) is 0 Å². The Morgan fingerprint density at radius 2 is 2.06 bits per heavy atom. The van der Waals surface area contributed by atoms with E-state index in [1.807, 2.05) is 13.0 Å². The molecule has 0 amide bonds. The molecule has 2 unspecified atom stereocenters. The van der Waals surface area contributed by atoms with Gasteiger partial charge in [-0.05, 0) is 32.4 Å². The van der Waals surface area contributed by atoms with E-state index in [0.29, 0.717) is 17.6 Å². The van der Waals surface area contributed by atoms with Crippen LogP contribution in [0.3, 0.4) is 0 Å². The second-order valence-electron chi connectivity index (χ2n) is 4.81. The summed E-state index contributed by atoms with van der Waals surface area (Å²) >= 11 is 0. The molecule has 0 radical (unpaired) electrons. The van der Waals surface area contributed by atoms with Crippen molar-refractivity contribution in [2.45, 2.75) is 32.9 Å². The van der Waals surface area contributed by atoms with Crippen LogP contribution >= 0.6 is 0 Å². The Hall–Kier alpha value is -1.60. The van der Waals surface area contributed by atoms with Crippen molar-refractivity contribution in [1.29, 1.82) is 5.26 Å². The molecular formula is C13H18N4. The van der Waals surface area contributed by atoms with Gasteiger partial charge in [-0.1, -0.05) is 0 Å². The lowest BCUT2D eigenvalue weighted by molar-refractivity contribution is 0.405. The van der Waals surface area contributed by atoms with Crippen molar-refractivity contribution in [1.82, 2.24) is 10.3 Å². The van der Waals surface area contributed by atoms with Gasteiger partial charge in [0.1, 0.15) is 11.9 Å². The lowest BCUT2D eigenvalue weighted by Gasteiger charge is -2.37.